The fourth-order valence-electron chi connectivity index (χ4n) is 5.46. The molecule has 42 heavy (non-hydrogen) atoms. The number of thiazole rings is 1. The van der Waals surface area contributed by atoms with Crippen molar-refractivity contribution in [2.45, 2.75) is 81.6 Å². The van der Waals surface area contributed by atoms with Crippen LogP contribution < -0.4 is 10.0 Å². The van der Waals surface area contributed by atoms with Gasteiger partial charge in [0.25, 0.3) is 15.9 Å². The molecule has 2 aliphatic rings. The lowest BCUT2D eigenvalue weighted by Gasteiger charge is -2.32. The molecule has 0 atom stereocenters. The first-order chi connectivity index (χ1) is 19.6. The highest BCUT2D eigenvalue weighted by atomic mass is 32.2. The monoisotopic (exact) mass is 624 g/mol. The Bertz CT molecular complexity index is 1630. The number of halogens is 3. The number of amides is 1. The number of carboxylic acid groups (broad SMARTS) is 1. The number of pyridine rings is 1. The van der Waals surface area contributed by atoms with E-state index in [1.165, 1.54) is 6.20 Å². The number of hydrogen-bond acceptors (Lipinski definition) is 7. The minimum absolute atomic E-state index is 0.217. The molecule has 0 saturated heterocycles. The number of aromatic nitrogens is 2. The van der Waals surface area contributed by atoms with Gasteiger partial charge in [-0.1, -0.05) is 43.5 Å². The van der Waals surface area contributed by atoms with E-state index in [1.807, 2.05) is 0 Å². The third-order valence-electron chi connectivity index (χ3n) is 7.73. The summed E-state index contributed by atoms with van der Waals surface area (Å²) >= 11 is 1.16. The molecule has 1 amide bonds. The predicted molar refractivity (Wildman–Crippen MR) is 151 cm³/mol. The molecule has 2 aromatic heterocycles. The molecule has 9 nitrogen and oxygen atoms in total. The van der Waals surface area contributed by atoms with E-state index in [-0.39, 0.29) is 16.4 Å². The van der Waals surface area contributed by atoms with Crippen LogP contribution >= 0.6 is 11.3 Å². The molecule has 0 aliphatic heterocycles. The van der Waals surface area contributed by atoms with Crippen molar-refractivity contribution in [3.05, 3.63) is 41.2 Å². The van der Waals surface area contributed by atoms with Gasteiger partial charge >= 0.3 is 12.1 Å². The second-order valence-corrected chi connectivity index (χ2v) is 14.4. The zero-order valence-corrected chi connectivity index (χ0v) is 24.6. The summed E-state index contributed by atoms with van der Waals surface area (Å²) in [6.07, 6.45) is -0.0445. The lowest BCUT2D eigenvalue weighted by Crippen LogP contribution is -2.46. The third kappa shape index (κ3) is 6.60. The van der Waals surface area contributed by atoms with Gasteiger partial charge in [-0.05, 0) is 44.4 Å². The lowest BCUT2D eigenvalue weighted by molar-refractivity contribution is -0.146. The smallest absolute Gasteiger partial charge is 0.390 e. The van der Waals surface area contributed by atoms with Crippen LogP contribution in [0.4, 0.5) is 13.2 Å². The Labute approximate surface area is 245 Å². The summed E-state index contributed by atoms with van der Waals surface area (Å²) in [6.45, 7) is 2.33. The Balaban J connectivity index is 1.50. The molecule has 1 aromatic carbocycles. The number of nitrogens with one attached hydrogen (secondary N) is 2. The first-order valence-electron chi connectivity index (χ1n) is 13.6. The van der Waals surface area contributed by atoms with Crippen molar-refractivity contribution in [1.82, 2.24) is 20.0 Å². The van der Waals surface area contributed by atoms with Crippen LogP contribution in [0.2, 0.25) is 0 Å². The van der Waals surface area contributed by atoms with Gasteiger partial charge in [-0.2, -0.15) is 13.2 Å². The van der Waals surface area contributed by atoms with Crippen molar-refractivity contribution in [2.24, 2.45) is 11.8 Å². The van der Waals surface area contributed by atoms with Gasteiger partial charge in [0.05, 0.1) is 22.9 Å². The van der Waals surface area contributed by atoms with Gasteiger partial charge in [-0.3, -0.25) is 9.59 Å². The Hall–Kier alpha value is -3.10. The quantitative estimate of drug-likeness (QED) is 0.278. The molecule has 2 saturated carbocycles. The average Bonchev–Trinajstić information content (AvgIpc) is 3.23. The van der Waals surface area contributed by atoms with E-state index in [0.29, 0.717) is 46.7 Å². The maximum absolute atomic E-state index is 13.3. The van der Waals surface area contributed by atoms with Crippen LogP contribution in [-0.4, -0.2) is 53.1 Å². The Morgan fingerprint density at radius 1 is 1.12 bits per heavy atom. The van der Waals surface area contributed by atoms with E-state index in [2.05, 4.69) is 20.0 Å². The van der Waals surface area contributed by atoms with Gasteiger partial charge in [-0.25, -0.2) is 23.1 Å². The van der Waals surface area contributed by atoms with Gasteiger partial charge in [0.15, 0.2) is 10.0 Å². The van der Waals surface area contributed by atoms with Crippen LogP contribution in [-0.2, 0) is 21.2 Å². The van der Waals surface area contributed by atoms with Crippen LogP contribution in [0.1, 0.15) is 67.9 Å². The van der Waals surface area contributed by atoms with Gasteiger partial charge in [0, 0.05) is 28.7 Å². The predicted octanol–water partition coefficient (Wildman–Crippen LogP) is 5.30. The maximum atomic E-state index is 13.3. The number of carbonyl (C=O) groups is 2. The molecule has 3 N–H and O–H groups in total. The molecule has 0 radical (unpaired) electrons. The number of carbonyl (C=O) groups excluding carboxylic acids is 1. The molecule has 2 aliphatic carbocycles. The zero-order valence-electron chi connectivity index (χ0n) is 23.0. The Morgan fingerprint density at radius 3 is 2.38 bits per heavy atom. The van der Waals surface area contributed by atoms with Crippen molar-refractivity contribution in [2.75, 3.05) is 0 Å². The van der Waals surface area contributed by atoms with E-state index in [9.17, 15) is 31.2 Å². The number of benzene rings is 1. The van der Waals surface area contributed by atoms with Crippen molar-refractivity contribution in [3.63, 3.8) is 0 Å². The molecular weight excluding hydrogens is 593 g/mol. The summed E-state index contributed by atoms with van der Waals surface area (Å²) in [5.41, 5.74) is -0.544. The molecule has 226 valence electrons. The highest BCUT2D eigenvalue weighted by Gasteiger charge is 2.40. The number of sulfonamides is 1. The minimum Gasteiger partial charge on any atom is -0.481 e. The van der Waals surface area contributed by atoms with Crippen LogP contribution in [0, 0.1) is 11.8 Å². The van der Waals surface area contributed by atoms with Crippen molar-refractivity contribution in [3.8, 4) is 10.4 Å². The van der Waals surface area contributed by atoms with E-state index in [0.717, 1.165) is 44.4 Å². The zero-order chi connectivity index (χ0) is 30.4. The number of nitrogens with zero attached hydrogens (tertiary/aromatic N) is 2. The Kier molecular flexibility index (Phi) is 8.09. The second kappa shape index (κ2) is 11.2. The first-order valence-corrected chi connectivity index (χ1v) is 15.9. The topological polar surface area (TPSA) is 138 Å². The summed E-state index contributed by atoms with van der Waals surface area (Å²) in [6, 6.07) is 6.35. The van der Waals surface area contributed by atoms with Gasteiger partial charge in [-0.15, -0.1) is 11.3 Å². The third-order valence-corrected chi connectivity index (χ3v) is 10.5. The standard InChI is InChI=1S/C28H31F3N4O5S2/c1-27(2,14-28(29,30)31)35-42(39,40)25-19-9-4-3-8-18(19)20(13-32-25)22-21(10-15-6-5-7-15)34-24(41-22)23(36)33-17-11-16(12-17)26(37)38/h3-4,8-9,13,15-17,35H,5-7,10-12,14H2,1-2H3,(H,33,36)(H,37,38). The molecule has 14 heteroatoms. The first kappa shape index (κ1) is 30.4. The highest BCUT2D eigenvalue weighted by Crippen LogP contribution is 2.40. The van der Waals surface area contributed by atoms with E-state index in [1.54, 1.807) is 24.3 Å². The molecule has 2 heterocycles. The fraction of sp³-hybridized carbons (Fsp3) is 0.500. The summed E-state index contributed by atoms with van der Waals surface area (Å²) in [7, 11) is -4.45. The van der Waals surface area contributed by atoms with Gasteiger partial charge in [0.1, 0.15) is 0 Å². The number of carboxylic acids is 1. The summed E-state index contributed by atoms with van der Waals surface area (Å²) in [5, 5.41) is 12.5. The summed E-state index contributed by atoms with van der Waals surface area (Å²) < 4.78 is 68.0. The minimum atomic E-state index is -4.57. The number of aliphatic carboxylic acids is 1. The number of alkyl halides is 3. The van der Waals surface area contributed by atoms with Crippen LogP contribution in [0.3, 0.4) is 0 Å². The van der Waals surface area contributed by atoms with E-state index >= 15 is 0 Å². The molecule has 2 fully saturated rings. The van der Waals surface area contributed by atoms with Crippen molar-refractivity contribution in [1.29, 1.82) is 0 Å². The lowest BCUT2D eigenvalue weighted by atomic mass is 9.80. The highest BCUT2D eigenvalue weighted by molar-refractivity contribution is 7.89. The molecule has 0 bridgehead atoms. The maximum Gasteiger partial charge on any atom is 0.390 e. The molecular formula is C28H31F3N4O5S2. The van der Waals surface area contributed by atoms with Crippen LogP contribution in [0.5, 0.6) is 0 Å². The summed E-state index contributed by atoms with van der Waals surface area (Å²) in [4.78, 5) is 33.8. The largest absolute Gasteiger partial charge is 0.481 e. The molecule has 3 aromatic rings. The normalized spacial score (nSPS) is 19.7. The second-order valence-electron chi connectivity index (χ2n) is 11.8. The van der Waals surface area contributed by atoms with Crippen molar-refractivity contribution < 1.29 is 36.3 Å². The number of fused-ring (bicyclic) bond motifs is 1. The van der Waals surface area contributed by atoms with Crippen LogP contribution in [0.25, 0.3) is 21.2 Å². The number of hydrogen-bond donors (Lipinski definition) is 3. The van der Waals surface area contributed by atoms with Crippen LogP contribution in [0.15, 0.2) is 35.5 Å². The van der Waals surface area contributed by atoms with E-state index in [4.69, 9.17) is 5.11 Å². The summed E-state index contributed by atoms with van der Waals surface area (Å²) in [5.74, 6) is -1.35. The van der Waals surface area contributed by atoms with Crippen molar-refractivity contribution >= 4 is 44.0 Å². The number of rotatable bonds is 10. The van der Waals surface area contributed by atoms with E-state index < -0.39 is 51.0 Å². The molecule has 0 unspecified atom stereocenters. The molecule has 5 rings (SSSR count). The Morgan fingerprint density at radius 2 is 1.79 bits per heavy atom. The average molecular weight is 625 g/mol. The SMILES string of the molecule is CC(C)(CC(F)(F)F)NS(=O)(=O)c1ncc(-c2sc(C(=O)NC3CC(C(=O)O)C3)nc2CC2CCC2)c2ccccc12. The van der Waals surface area contributed by atoms with Gasteiger partial charge < -0.3 is 10.4 Å². The fourth-order valence-corrected chi connectivity index (χ4v) is 8.04. The van der Waals surface area contributed by atoms with Gasteiger partial charge in [0.2, 0.25) is 0 Å². The molecule has 0 spiro atoms.